The predicted molar refractivity (Wildman–Crippen MR) is 220 cm³/mol. The SMILES string of the molecule is CCS(=O)(=O)c1cc2ccc(Br)cc2nc1C1=C(Cl)c2ncc(C)cc2C1.CCS(=O)(=O)c1cc2ccc(Br)cc2nc1C1=Cc2ncc(C)cc2C1. The van der Waals surface area contributed by atoms with Crippen molar-refractivity contribution in [3.05, 3.63) is 127 Å². The molecule has 53 heavy (non-hydrogen) atoms. The van der Waals surface area contributed by atoms with E-state index in [1.807, 2.05) is 68.6 Å². The second-order valence-electron chi connectivity index (χ2n) is 13.0. The van der Waals surface area contributed by atoms with Crippen LogP contribution in [-0.4, -0.2) is 48.3 Å². The lowest BCUT2D eigenvalue weighted by molar-refractivity contribution is 0.595. The predicted octanol–water partition coefficient (Wildman–Crippen LogP) is 9.75. The zero-order chi connectivity index (χ0) is 37.8. The van der Waals surface area contributed by atoms with Crippen LogP contribution in [0.3, 0.4) is 0 Å². The Kier molecular flexibility index (Phi) is 10.2. The number of hydrogen-bond donors (Lipinski definition) is 0. The van der Waals surface area contributed by atoms with Crippen LogP contribution in [-0.2, 0) is 32.5 Å². The largest absolute Gasteiger partial charge is 0.256 e. The van der Waals surface area contributed by atoms with Crippen molar-refractivity contribution >= 4 is 107 Å². The van der Waals surface area contributed by atoms with E-state index in [1.54, 1.807) is 32.2 Å². The topological polar surface area (TPSA) is 120 Å². The van der Waals surface area contributed by atoms with Gasteiger partial charge in [0.05, 0.1) is 60.1 Å². The third-order valence-corrected chi connectivity index (χ3v) is 14.2. The van der Waals surface area contributed by atoms with Gasteiger partial charge in [-0.25, -0.2) is 26.8 Å². The third kappa shape index (κ3) is 7.36. The number of hydrogen-bond acceptors (Lipinski definition) is 8. The summed E-state index contributed by atoms with van der Waals surface area (Å²) in [4.78, 5) is 18.8. The molecule has 0 spiro atoms. The van der Waals surface area contributed by atoms with Crippen LogP contribution in [0.5, 0.6) is 0 Å². The third-order valence-electron chi connectivity index (χ3n) is 9.28. The van der Waals surface area contributed by atoms with E-state index in [1.165, 1.54) is 0 Å². The highest BCUT2D eigenvalue weighted by Crippen LogP contribution is 2.42. The molecule has 0 amide bonds. The maximum absolute atomic E-state index is 12.8. The van der Waals surface area contributed by atoms with Crippen LogP contribution in [0.2, 0.25) is 0 Å². The number of nitrogens with zero attached hydrogens (tertiary/aromatic N) is 4. The van der Waals surface area contributed by atoms with Crippen molar-refractivity contribution in [1.82, 2.24) is 19.9 Å². The molecule has 270 valence electrons. The number of halogens is 3. The van der Waals surface area contributed by atoms with Gasteiger partial charge in [0.2, 0.25) is 0 Å². The number of sulfone groups is 2. The molecule has 0 saturated carbocycles. The van der Waals surface area contributed by atoms with Gasteiger partial charge in [0.15, 0.2) is 19.7 Å². The molecule has 0 aliphatic heterocycles. The normalized spacial score (nSPS) is 13.9. The molecule has 2 aliphatic rings. The number of aromatic nitrogens is 4. The van der Waals surface area contributed by atoms with E-state index in [-0.39, 0.29) is 16.4 Å². The smallest absolute Gasteiger partial charge is 0.180 e. The lowest BCUT2D eigenvalue weighted by Crippen LogP contribution is -2.09. The highest BCUT2D eigenvalue weighted by Gasteiger charge is 2.29. The summed E-state index contributed by atoms with van der Waals surface area (Å²) in [7, 11) is -6.87. The maximum Gasteiger partial charge on any atom is 0.180 e. The molecule has 0 fully saturated rings. The molecule has 0 bridgehead atoms. The Morgan fingerprint density at radius 1 is 0.660 bits per heavy atom. The van der Waals surface area contributed by atoms with Gasteiger partial charge in [-0.15, -0.1) is 0 Å². The molecule has 0 radical (unpaired) electrons. The quantitative estimate of drug-likeness (QED) is 0.162. The minimum absolute atomic E-state index is 0.00107. The first kappa shape index (κ1) is 37.5. The van der Waals surface area contributed by atoms with E-state index in [2.05, 4.69) is 47.9 Å². The van der Waals surface area contributed by atoms with Crippen LogP contribution in [0.4, 0.5) is 0 Å². The molecule has 8 nitrogen and oxygen atoms in total. The molecule has 2 aliphatic carbocycles. The average molecular weight is 893 g/mol. The summed E-state index contributed by atoms with van der Waals surface area (Å²) in [5.41, 5.74) is 9.86. The van der Waals surface area contributed by atoms with Crippen LogP contribution < -0.4 is 0 Å². The molecule has 0 saturated heterocycles. The zero-order valence-electron chi connectivity index (χ0n) is 29.2. The Morgan fingerprint density at radius 3 is 1.77 bits per heavy atom. The Bertz CT molecular complexity index is 2800. The second kappa shape index (κ2) is 14.4. The van der Waals surface area contributed by atoms with Gasteiger partial charge in [-0.3, -0.25) is 9.97 Å². The van der Waals surface area contributed by atoms with Crippen molar-refractivity contribution in [2.75, 3.05) is 11.5 Å². The molecule has 4 aromatic heterocycles. The first-order chi connectivity index (χ1) is 25.2. The first-order valence-corrected chi connectivity index (χ1v) is 22.1. The molecule has 6 aromatic rings. The van der Waals surface area contributed by atoms with Crippen LogP contribution in [0, 0.1) is 13.8 Å². The lowest BCUT2D eigenvalue weighted by atomic mass is 10.1. The summed E-state index contributed by atoms with van der Waals surface area (Å²) in [6, 6.07) is 18.9. The van der Waals surface area contributed by atoms with E-state index in [9.17, 15) is 16.8 Å². The first-order valence-electron chi connectivity index (χ1n) is 16.8. The van der Waals surface area contributed by atoms with Crippen LogP contribution >= 0.6 is 43.5 Å². The van der Waals surface area contributed by atoms with Gasteiger partial charge in [-0.2, -0.15) is 0 Å². The number of fused-ring (bicyclic) bond motifs is 4. The average Bonchev–Trinajstić information content (AvgIpc) is 3.70. The second-order valence-corrected chi connectivity index (χ2v) is 19.7. The Balaban J connectivity index is 0.000000164. The molecular weight excluding hydrogens is 860 g/mol. The van der Waals surface area contributed by atoms with E-state index in [4.69, 9.17) is 21.6 Å². The number of pyridine rings is 4. The maximum atomic E-state index is 12.8. The number of benzene rings is 2. The van der Waals surface area contributed by atoms with Gasteiger partial charge in [0, 0.05) is 50.5 Å². The van der Waals surface area contributed by atoms with Gasteiger partial charge < -0.3 is 0 Å². The number of allylic oxidation sites excluding steroid dienone is 2. The lowest BCUT2D eigenvalue weighted by Gasteiger charge is -2.12. The molecule has 2 aromatic carbocycles. The van der Waals surface area contributed by atoms with Crippen LogP contribution in [0.1, 0.15) is 58.9 Å². The fraction of sp³-hybridized carbons (Fsp3) is 0.200. The fourth-order valence-electron chi connectivity index (χ4n) is 6.52. The Labute approximate surface area is 330 Å². The summed E-state index contributed by atoms with van der Waals surface area (Å²) in [6.45, 7) is 7.27. The Morgan fingerprint density at radius 2 is 1.19 bits per heavy atom. The van der Waals surface area contributed by atoms with Crippen LogP contribution in [0.25, 0.3) is 44.1 Å². The molecule has 0 unspecified atom stereocenters. The van der Waals surface area contributed by atoms with E-state index >= 15 is 0 Å². The van der Waals surface area contributed by atoms with Crippen molar-refractivity contribution in [2.24, 2.45) is 0 Å². The number of rotatable bonds is 6. The summed E-state index contributed by atoms with van der Waals surface area (Å²) in [5.74, 6) is 0.0419. The molecule has 13 heteroatoms. The zero-order valence-corrected chi connectivity index (χ0v) is 34.8. The number of aryl methyl sites for hydroxylation is 2. The van der Waals surface area contributed by atoms with E-state index < -0.39 is 19.7 Å². The highest BCUT2D eigenvalue weighted by atomic mass is 79.9. The van der Waals surface area contributed by atoms with Gasteiger partial charge >= 0.3 is 0 Å². The van der Waals surface area contributed by atoms with Crippen molar-refractivity contribution in [2.45, 2.75) is 50.3 Å². The summed E-state index contributed by atoms with van der Waals surface area (Å²) in [6.07, 6.45) is 6.70. The highest BCUT2D eigenvalue weighted by molar-refractivity contribution is 9.10. The molecule has 4 heterocycles. The van der Waals surface area contributed by atoms with E-state index in [0.717, 1.165) is 58.8 Å². The monoisotopic (exact) mass is 890 g/mol. The van der Waals surface area contributed by atoms with Crippen molar-refractivity contribution < 1.29 is 16.8 Å². The standard InChI is InChI=1S/C20H16BrClN2O2S.C20H17BrN2O2S/c1-3-27(25,26)17-8-12-4-5-14(21)9-16(12)24-20(17)15-7-13-6-11(2)10-23-19(13)18(15)22;1-3-26(24,25)19-9-13-4-5-16(21)10-18(13)23-20(19)15-7-14-6-12(2)11-22-17(14)8-15/h4-6,8-10H,3,7H2,1-2H3;4-6,8-11H,3,7H2,1-2H3. The molecule has 0 atom stereocenters. The fourth-order valence-corrected chi connectivity index (χ4v) is 9.71. The minimum atomic E-state index is -3.47. The molecular formula is C40H33Br2ClN4O4S2. The molecule has 0 N–H and O–H groups in total. The summed E-state index contributed by atoms with van der Waals surface area (Å²) >= 11 is 13.5. The van der Waals surface area contributed by atoms with Gasteiger partial charge in [0.25, 0.3) is 0 Å². The Hall–Kier alpha value is -3.81. The minimum Gasteiger partial charge on any atom is -0.256 e. The summed E-state index contributed by atoms with van der Waals surface area (Å²) in [5, 5.41) is 2.06. The van der Waals surface area contributed by atoms with Gasteiger partial charge in [-0.1, -0.05) is 81.6 Å². The molecule has 8 rings (SSSR count). The van der Waals surface area contributed by atoms with E-state index in [0.29, 0.717) is 50.9 Å². The van der Waals surface area contributed by atoms with Gasteiger partial charge in [-0.05, 0) is 84.1 Å². The van der Waals surface area contributed by atoms with Crippen molar-refractivity contribution in [3.8, 4) is 0 Å². The van der Waals surface area contributed by atoms with Crippen molar-refractivity contribution in [1.29, 1.82) is 0 Å². The van der Waals surface area contributed by atoms with Gasteiger partial charge in [0.1, 0.15) is 0 Å². The van der Waals surface area contributed by atoms with Crippen LogP contribution in [0.15, 0.2) is 91.8 Å². The van der Waals surface area contributed by atoms with Crippen molar-refractivity contribution in [3.63, 3.8) is 0 Å². The summed E-state index contributed by atoms with van der Waals surface area (Å²) < 4.78 is 52.8.